The van der Waals surface area contributed by atoms with E-state index in [1.807, 2.05) is 18.2 Å². The molecule has 0 bridgehead atoms. The topological polar surface area (TPSA) is 33.1 Å². The van der Waals surface area contributed by atoms with Gasteiger partial charge in [-0.2, -0.15) is 0 Å². The maximum absolute atomic E-state index is 8.92. The van der Waals surface area contributed by atoms with Gasteiger partial charge in [-0.15, -0.1) is 11.3 Å². The lowest BCUT2D eigenvalue weighted by molar-refractivity contribution is 0.283. The minimum Gasteiger partial charge on any atom is -0.392 e. The lowest BCUT2D eigenvalue weighted by Gasteiger charge is -1.94. The van der Waals surface area contributed by atoms with Crippen LogP contribution in [-0.4, -0.2) is 10.1 Å². The van der Waals surface area contributed by atoms with Crippen LogP contribution in [0.2, 0.25) is 0 Å². The molecular formula is C8H7NOS. The first-order valence-electron chi connectivity index (χ1n) is 3.34. The third-order valence-corrected chi connectivity index (χ3v) is 2.41. The molecule has 0 fully saturated rings. The normalized spacial score (nSPS) is 10.6. The van der Waals surface area contributed by atoms with Gasteiger partial charge in [-0.25, -0.2) is 4.98 Å². The first-order valence-corrected chi connectivity index (χ1v) is 4.22. The number of rotatable bonds is 1. The molecule has 0 radical (unpaired) electrons. The number of aliphatic hydroxyl groups excluding tert-OH is 1. The SMILES string of the molecule is OCc1cccc2scnc12. The van der Waals surface area contributed by atoms with Gasteiger partial charge in [-0.1, -0.05) is 12.1 Å². The Hall–Kier alpha value is -0.930. The highest BCUT2D eigenvalue weighted by Gasteiger charge is 2.00. The van der Waals surface area contributed by atoms with Crippen molar-refractivity contribution in [3.05, 3.63) is 29.3 Å². The molecule has 1 aromatic heterocycles. The Labute approximate surface area is 68.1 Å². The quantitative estimate of drug-likeness (QED) is 0.698. The number of nitrogens with zero attached hydrogens (tertiary/aromatic N) is 1. The third kappa shape index (κ3) is 1.02. The summed E-state index contributed by atoms with van der Waals surface area (Å²) in [5.41, 5.74) is 3.63. The van der Waals surface area contributed by atoms with Gasteiger partial charge in [0.1, 0.15) is 0 Å². The Balaban J connectivity index is 2.79. The summed E-state index contributed by atoms with van der Waals surface area (Å²) in [6.07, 6.45) is 0. The average molecular weight is 165 g/mol. The monoisotopic (exact) mass is 165 g/mol. The third-order valence-electron chi connectivity index (χ3n) is 1.61. The van der Waals surface area contributed by atoms with Crippen LogP contribution in [-0.2, 0) is 6.61 Å². The van der Waals surface area contributed by atoms with Crippen LogP contribution in [0, 0.1) is 0 Å². The zero-order valence-electron chi connectivity index (χ0n) is 5.82. The van der Waals surface area contributed by atoms with Crippen molar-refractivity contribution in [2.24, 2.45) is 0 Å². The summed E-state index contributed by atoms with van der Waals surface area (Å²) < 4.78 is 1.14. The summed E-state index contributed by atoms with van der Waals surface area (Å²) in [5, 5.41) is 8.92. The van der Waals surface area contributed by atoms with Crippen LogP contribution >= 0.6 is 11.3 Å². The van der Waals surface area contributed by atoms with E-state index in [0.717, 1.165) is 15.8 Å². The van der Waals surface area contributed by atoms with Gasteiger partial charge in [-0.3, -0.25) is 0 Å². The van der Waals surface area contributed by atoms with E-state index in [1.165, 1.54) is 0 Å². The number of aromatic nitrogens is 1. The fourth-order valence-corrected chi connectivity index (χ4v) is 1.80. The predicted octanol–water partition coefficient (Wildman–Crippen LogP) is 1.79. The van der Waals surface area contributed by atoms with Crippen LogP contribution in [0.1, 0.15) is 5.56 Å². The number of fused-ring (bicyclic) bond motifs is 1. The van der Waals surface area contributed by atoms with Gasteiger partial charge in [0.05, 0.1) is 22.3 Å². The van der Waals surface area contributed by atoms with Crippen molar-refractivity contribution in [2.75, 3.05) is 0 Å². The summed E-state index contributed by atoms with van der Waals surface area (Å²) >= 11 is 1.59. The lowest BCUT2D eigenvalue weighted by Crippen LogP contribution is -1.83. The summed E-state index contributed by atoms with van der Waals surface area (Å²) in [4.78, 5) is 4.15. The van der Waals surface area contributed by atoms with Crippen LogP contribution in [0.4, 0.5) is 0 Å². The molecule has 0 unspecified atom stereocenters. The first kappa shape index (κ1) is 6.76. The van der Waals surface area contributed by atoms with E-state index in [2.05, 4.69) is 4.98 Å². The minimum absolute atomic E-state index is 0.0705. The number of aliphatic hydroxyl groups is 1. The van der Waals surface area contributed by atoms with Crippen LogP contribution in [0.15, 0.2) is 23.7 Å². The molecular weight excluding hydrogens is 158 g/mol. The molecule has 1 aromatic carbocycles. The van der Waals surface area contributed by atoms with Crippen molar-refractivity contribution in [3.63, 3.8) is 0 Å². The predicted molar refractivity (Wildman–Crippen MR) is 45.5 cm³/mol. The van der Waals surface area contributed by atoms with Crippen LogP contribution in [0.3, 0.4) is 0 Å². The molecule has 0 aliphatic carbocycles. The highest BCUT2D eigenvalue weighted by Crippen LogP contribution is 2.20. The van der Waals surface area contributed by atoms with E-state index < -0.39 is 0 Å². The molecule has 2 nitrogen and oxygen atoms in total. The van der Waals surface area contributed by atoms with Gasteiger partial charge in [0.2, 0.25) is 0 Å². The molecule has 11 heavy (non-hydrogen) atoms. The molecule has 2 rings (SSSR count). The Morgan fingerprint density at radius 2 is 2.36 bits per heavy atom. The minimum atomic E-state index is 0.0705. The van der Waals surface area contributed by atoms with Crippen molar-refractivity contribution in [1.29, 1.82) is 0 Å². The lowest BCUT2D eigenvalue weighted by atomic mass is 10.2. The highest BCUT2D eigenvalue weighted by atomic mass is 32.1. The Morgan fingerprint density at radius 1 is 1.45 bits per heavy atom. The number of benzene rings is 1. The molecule has 0 amide bonds. The summed E-state index contributed by atoms with van der Waals surface area (Å²) in [5.74, 6) is 0. The van der Waals surface area contributed by atoms with Crippen LogP contribution in [0.5, 0.6) is 0 Å². The number of thiazole rings is 1. The standard InChI is InChI=1S/C8H7NOS/c10-4-6-2-1-3-7-8(6)9-5-11-7/h1-3,5,10H,4H2. The highest BCUT2D eigenvalue weighted by molar-refractivity contribution is 7.16. The van der Waals surface area contributed by atoms with E-state index >= 15 is 0 Å². The van der Waals surface area contributed by atoms with Gasteiger partial charge in [0.25, 0.3) is 0 Å². The second kappa shape index (κ2) is 2.60. The smallest absolute Gasteiger partial charge is 0.0867 e. The molecule has 1 heterocycles. The Kier molecular flexibility index (Phi) is 1.60. The van der Waals surface area contributed by atoms with Gasteiger partial charge in [-0.05, 0) is 6.07 Å². The second-order valence-corrected chi connectivity index (χ2v) is 3.16. The first-order chi connectivity index (χ1) is 5.42. The van der Waals surface area contributed by atoms with Gasteiger partial charge < -0.3 is 5.11 Å². The Bertz CT molecular complexity index is 369. The van der Waals surface area contributed by atoms with Gasteiger partial charge >= 0.3 is 0 Å². The average Bonchev–Trinajstić information content (AvgIpc) is 2.50. The van der Waals surface area contributed by atoms with Crippen molar-refractivity contribution in [3.8, 4) is 0 Å². The number of hydrogen-bond acceptors (Lipinski definition) is 3. The summed E-state index contributed by atoms with van der Waals surface area (Å²) in [6, 6.07) is 5.83. The molecule has 2 aromatic rings. The maximum atomic E-state index is 8.92. The van der Waals surface area contributed by atoms with Crippen molar-refractivity contribution >= 4 is 21.6 Å². The molecule has 0 aliphatic heterocycles. The molecule has 0 spiro atoms. The second-order valence-electron chi connectivity index (χ2n) is 2.27. The van der Waals surface area contributed by atoms with E-state index in [9.17, 15) is 0 Å². The number of para-hydroxylation sites is 1. The molecule has 0 saturated heterocycles. The van der Waals surface area contributed by atoms with Crippen LogP contribution in [0.25, 0.3) is 10.2 Å². The zero-order valence-corrected chi connectivity index (χ0v) is 6.64. The number of hydrogen-bond donors (Lipinski definition) is 1. The molecule has 0 atom stereocenters. The van der Waals surface area contributed by atoms with Crippen molar-refractivity contribution in [1.82, 2.24) is 4.98 Å². The van der Waals surface area contributed by atoms with Crippen LogP contribution < -0.4 is 0 Å². The van der Waals surface area contributed by atoms with Gasteiger partial charge in [0, 0.05) is 5.56 Å². The summed E-state index contributed by atoms with van der Waals surface area (Å²) in [6.45, 7) is 0.0705. The Morgan fingerprint density at radius 3 is 3.18 bits per heavy atom. The zero-order chi connectivity index (χ0) is 7.68. The maximum Gasteiger partial charge on any atom is 0.0867 e. The largest absolute Gasteiger partial charge is 0.392 e. The molecule has 0 saturated carbocycles. The summed E-state index contributed by atoms with van der Waals surface area (Å²) in [7, 11) is 0. The van der Waals surface area contributed by atoms with E-state index in [4.69, 9.17) is 5.11 Å². The van der Waals surface area contributed by atoms with Gasteiger partial charge in [0.15, 0.2) is 0 Å². The fourth-order valence-electron chi connectivity index (χ4n) is 1.07. The molecule has 3 heteroatoms. The van der Waals surface area contributed by atoms with Crippen molar-refractivity contribution in [2.45, 2.75) is 6.61 Å². The van der Waals surface area contributed by atoms with Crippen molar-refractivity contribution < 1.29 is 5.11 Å². The van der Waals surface area contributed by atoms with E-state index in [0.29, 0.717) is 0 Å². The fraction of sp³-hybridized carbons (Fsp3) is 0.125. The molecule has 0 aliphatic rings. The molecule has 56 valence electrons. The molecule has 1 N–H and O–H groups in total. The van der Waals surface area contributed by atoms with E-state index in [-0.39, 0.29) is 6.61 Å². The van der Waals surface area contributed by atoms with E-state index in [1.54, 1.807) is 16.8 Å².